The van der Waals surface area contributed by atoms with E-state index in [4.69, 9.17) is 0 Å². The SMILES string of the molecule is CN(C)CCC(=O)Nc1ccc([N+](=O)[O-])cc1. The second-order valence-corrected chi connectivity index (χ2v) is 3.91. The van der Waals surface area contributed by atoms with E-state index >= 15 is 0 Å². The van der Waals surface area contributed by atoms with Gasteiger partial charge in [-0.1, -0.05) is 0 Å². The Morgan fingerprint density at radius 2 is 1.94 bits per heavy atom. The molecule has 6 heteroatoms. The lowest BCUT2D eigenvalue weighted by Crippen LogP contribution is -2.20. The Balaban J connectivity index is 2.51. The zero-order chi connectivity index (χ0) is 12.8. The fourth-order valence-electron chi connectivity index (χ4n) is 1.22. The van der Waals surface area contributed by atoms with Crippen molar-refractivity contribution in [3.8, 4) is 0 Å². The highest BCUT2D eigenvalue weighted by atomic mass is 16.6. The molecule has 0 atom stereocenters. The first-order valence-electron chi connectivity index (χ1n) is 5.18. The van der Waals surface area contributed by atoms with Crippen LogP contribution in [0.5, 0.6) is 0 Å². The number of nitro benzene ring substituents is 1. The van der Waals surface area contributed by atoms with Crippen LogP contribution in [0.25, 0.3) is 0 Å². The molecule has 0 saturated carbocycles. The molecule has 0 fully saturated rings. The van der Waals surface area contributed by atoms with Crippen LogP contribution in [0, 0.1) is 10.1 Å². The molecule has 1 aromatic carbocycles. The number of amides is 1. The number of carbonyl (C=O) groups is 1. The second-order valence-electron chi connectivity index (χ2n) is 3.91. The lowest BCUT2D eigenvalue weighted by atomic mass is 10.2. The minimum Gasteiger partial charge on any atom is -0.326 e. The quantitative estimate of drug-likeness (QED) is 0.621. The molecule has 0 radical (unpaired) electrons. The number of hydrogen-bond donors (Lipinski definition) is 1. The van der Waals surface area contributed by atoms with Gasteiger partial charge in [-0.2, -0.15) is 0 Å². The molecular formula is C11H15N3O3. The molecule has 1 aromatic rings. The van der Waals surface area contributed by atoms with Gasteiger partial charge in [0.15, 0.2) is 0 Å². The largest absolute Gasteiger partial charge is 0.326 e. The number of anilines is 1. The maximum absolute atomic E-state index is 11.5. The molecule has 0 aliphatic carbocycles. The second kappa shape index (κ2) is 5.95. The Morgan fingerprint density at radius 3 is 2.41 bits per heavy atom. The number of non-ortho nitro benzene ring substituents is 1. The Bertz CT molecular complexity index is 401. The van der Waals surface area contributed by atoms with Crippen LogP contribution in [0.15, 0.2) is 24.3 Å². The highest BCUT2D eigenvalue weighted by molar-refractivity contribution is 5.90. The van der Waals surface area contributed by atoms with Crippen LogP contribution in [0.3, 0.4) is 0 Å². The summed E-state index contributed by atoms with van der Waals surface area (Å²) in [4.78, 5) is 23.3. The maximum Gasteiger partial charge on any atom is 0.269 e. The number of carbonyl (C=O) groups excluding carboxylic acids is 1. The minimum atomic E-state index is -0.475. The van der Waals surface area contributed by atoms with Gasteiger partial charge < -0.3 is 10.2 Å². The number of nitrogens with zero attached hydrogens (tertiary/aromatic N) is 2. The van der Waals surface area contributed by atoms with E-state index in [0.717, 1.165) is 0 Å². The molecular weight excluding hydrogens is 222 g/mol. The van der Waals surface area contributed by atoms with Gasteiger partial charge in [0.25, 0.3) is 5.69 Å². The van der Waals surface area contributed by atoms with Crippen LogP contribution < -0.4 is 5.32 Å². The van der Waals surface area contributed by atoms with Crippen LogP contribution in [0.4, 0.5) is 11.4 Å². The number of hydrogen-bond acceptors (Lipinski definition) is 4. The minimum absolute atomic E-state index is 0.0105. The molecule has 92 valence electrons. The molecule has 17 heavy (non-hydrogen) atoms. The smallest absolute Gasteiger partial charge is 0.269 e. The average Bonchev–Trinajstić information content (AvgIpc) is 2.27. The van der Waals surface area contributed by atoms with Gasteiger partial charge in [0.05, 0.1) is 4.92 Å². The summed E-state index contributed by atoms with van der Waals surface area (Å²) in [6.07, 6.45) is 0.393. The van der Waals surface area contributed by atoms with E-state index in [1.165, 1.54) is 24.3 Å². The summed E-state index contributed by atoms with van der Waals surface area (Å²) in [5.41, 5.74) is 0.579. The molecule has 0 aliphatic heterocycles. The molecule has 0 aliphatic rings. The summed E-state index contributed by atoms with van der Waals surface area (Å²) < 4.78 is 0. The van der Waals surface area contributed by atoms with E-state index < -0.39 is 4.92 Å². The van der Waals surface area contributed by atoms with Crippen LogP contribution in [0.2, 0.25) is 0 Å². The predicted octanol–water partition coefficient (Wildman–Crippen LogP) is 1.48. The Labute approximate surface area is 99.4 Å². The highest BCUT2D eigenvalue weighted by Crippen LogP contribution is 2.15. The lowest BCUT2D eigenvalue weighted by Gasteiger charge is -2.09. The van der Waals surface area contributed by atoms with Crippen molar-refractivity contribution >= 4 is 17.3 Å². The Morgan fingerprint density at radius 1 is 1.35 bits per heavy atom. The Kier molecular flexibility index (Phi) is 4.59. The van der Waals surface area contributed by atoms with Crippen molar-refractivity contribution < 1.29 is 9.72 Å². The molecule has 0 spiro atoms. The first-order valence-corrected chi connectivity index (χ1v) is 5.18. The van der Waals surface area contributed by atoms with Crippen LogP contribution in [-0.4, -0.2) is 36.4 Å². The van der Waals surface area contributed by atoms with Gasteiger partial charge in [0.1, 0.15) is 0 Å². The summed E-state index contributed by atoms with van der Waals surface area (Å²) >= 11 is 0. The predicted molar refractivity (Wildman–Crippen MR) is 64.9 cm³/mol. The molecule has 1 rings (SSSR count). The summed E-state index contributed by atoms with van der Waals surface area (Å²) in [5, 5.41) is 13.1. The molecule has 1 amide bonds. The molecule has 0 heterocycles. The Hall–Kier alpha value is -1.95. The van der Waals surface area contributed by atoms with Crippen molar-refractivity contribution in [3.05, 3.63) is 34.4 Å². The summed E-state index contributed by atoms with van der Waals surface area (Å²) in [5.74, 6) is -0.104. The van der Waals surface area contributed by atoms with Crippen LogP contribution >= 0.6 is 0 Å². The average molecular weight is 237 g/mol. The van der Waals surface area contributed by atoms with E-state index in [-0.39, 0.29) is 11.6 Å². The van der Waals surface area contributed by atoms with Crippen molar-refractivity contribution in [1.29, 1.82) is 0 Å². The molecule has 0 unspecified atom stereocenters. The van der Waals surface area contributed by atoms with E-state index in [2.05, 4.69) is 5.32 Å². The standard InChI is InChI=1S/C11H15N3O3/c1-13(2)8-7-11(15)12-9-3-5-10(6-4-9)14(16)17/h3-6H,7-8H2,1-2H3,(H,12,15). The monoisotopic (exact) mass is 237 g/mol. The first-order chi connectivity index (χ1) is 7.99. The van der Waals surface area contributed by atoms with Crippen molar-refractivity contribution in [1.82, 2.24) is 4.90 Å². The third-order valence-electron chi connectivity index (χ3n) is 2.15. The molecule has 6 nitrogen and oxygen atoms in total. The van der Waals surface area contributed by atoms with Gasteiger partial charge in [-0.25, -0.2) is 0 Å². The molecule has 0 bridgehead atoms. The van der Waals surface area contributed by atoms with Gasteiger partial charge in [0, 0.05) is 30.8 Å². The third-order valence-corrected chi connectivity index (χ3v) is 2.15. The van der Waals surface area contributed by atoms with Crippen molar-refractivity contribution in [2.24, 2.45) is 0 Å². The van der Waals surface area contributed by atoms with Gasteiger partial charge in [-0.3, -0.25) is 14.9 Å². The molecule has 1 N–H and O–H groups in total. The fourth-order valence-corrected chi connectivity index (χ4v) is 1.22. The van der Waals surface area contributed by atoms with Gasteiger partial charge in [-0.15, -0.1) is 0 Å². The highest BCUT2D eigenvalue weighted by Gasteiger charge is 2.06. The summed E-state index contributed by atoms with van der Waals surface area (Å²) in [6.45, 7) is 0.665. The molecule has 0 aromatic heterocycles. The van der Waals surface area contributed by atoms with E-state index in [0.29, 0.717) is 18.7 Å². The number of nitrogens with one attached hydrogen (secondary N) is 1. The van der Waals surface area contributed by atoms with Gasteiger partial charge in [-0.05, 0) is 26.2 Å². The van der Waals surface area contributed by atoms with Gasteiger partial charge >= 0.3 is 0 Å². The number of rotatable bonds is 5. The topological polar surface area (TPSA) is 75.5 Å². The third kappa shape index (κ3) is 4.60. The van der Waals surface area contributed by atoms with E-state index in [9.17, 15) is 14.9 Å². The van der Waals surface area contributed by atoms with Crippen molar-refractivity contribution in [2.45, 2.75) is 6.42 Å². The van der Waals surface area contributed by atoms with Gasteiger partial charge in [0.2, 0.25) is 5.91 Å². The summed E-state index contributed by atoms with van der Waals surface area (Å²) in [7, 11) is 3.78. The number of benzene rings is 1. The maximum atomic E-state index is 11.5. The zero-order valence-corrected chi connectivity index (χ0v) is 9.84. The lowest BCUT2D eigenvalue weighted by molar-refractivity contribution is -0.384. The van der Waals surface area contributed by atoms with E-state index in [1.807, 2.05) is 19.0 Å². The van der Waals surface area contributed by atoms with Crippen molar-refractivity contribution in [3.63, 3.8) is 0 Å². The normalized spacial score (nSPS) is 10.3. The molecule has 0 saturated heterocycles. The van der Waals surface area contributed by atoms with Crippen molar-refractivity contribution in [2.75, 3.05) is 26.0 Å². The summed E-state index contributed by atoms with van der Waals surface area (Å²) in [6, 6.07) is 5.76. The first kappa shape index (κ1) is 13.1. The fraction of sp³-hybridized carbons (Fsp3) is 0.364. The van der Waals surface area contributed by atoms with E-state index in [1.54, 1.807) is 0 Å². The van der Waals surface area contributed by atoms with Crippen LogP contribution in [0.1, 0.15) is 6.42 Å². The number of nitro groups is 1. The van der Waals surface area contributed by atoms with Crippen LogP contribution in [-0.2, 0) is 4.79 Å². The zero-order valence-electron chi connectivity index (χ0n) is 9.84.